The summed E-state index contributed by atoms with van der Waals surface area (Å²) in [6, 6.07) is 7.69. The summed E-state index contributed by atoms with van der Waals surface area (Å²) in [4.78, 5) is 29.9. The van der Waals surface area contributed by atoms with Gasteiger partial charge in [0.05, 0.1) is 18.9 Å². The van der Waals surface area contributed by atoms with E-state index in [2.05, 4.69) is 21.1 Å². The van der Waals surface area contributed by atoms with E-state index in [0.29, 0.717) is 69.3 Å². The number of nitrogens with zero attached hydrogens (tertiary/aromatic N) is 3. The van der Waals surface area contributed by atoms with Gasteiger partial charge in [0.15, 0.2) is 0 Å². The molecule has 0 unspecified atom stereocenters. The number of hydrogen-bond donors (Lipinski definition) is 0. The Kier molecular flexibility index (Phi) is 7.15. The zero-order chi connectivity index (χ0) is 22.7. The third-order valence-corrected chi connectivity index (χ3v) is 6.58. The van der Waals surface area contributed by atoms with Crippen LogP contribution >= 0.6 is 15.9 Å². The number of rotatable bonds is 5. The molecule has 0 aliphatic carbocycles. The van der Waals surface area contributed by atoms with Crippen molar-refractivity contribution in [2.45, 2.75) is 32.8 Å². The number of halogens is 1. The predicted octanol–water partition coefficient (Wildman–Crippen LogP) is 3.21. The van der Waals surface area contributed by atoms with Crippen molar-refractivity contribution in [2.75, 3.05) is 39.4 Å². The maximum atomic E-state index is 13.2. The summed E-state index contributed by atoms with van der Waals surface area (Å²) in [7, 11) is 0. The number of likely N-dealkylation sites (tertiary alicyclic amines) is 1. The Balaban J connectivity index is 1.51. The predicted molar refractivity (Wildman–Crippen MR) is 121 cm³/mol. The Labute approximate surface area is 195 Å². The average molecular weight is 506 g/mol. The lowest BCUT2D eigenvalue weighted by atomic mass is 9.90. The summed E-state index contributed by atoms with van der Waals surface area (Å²) in [5.74, 6) is 1.11. The van der Waals surface area contributed by atoms with Gasteiger partial charge in [0.1, 0.15) is 23.2 Å². The van der Waals surface area contributed by atoms with Crippen molar-refractivity contribution in [3.05, 3.63) is 45.8 Å². The van der Waals surface area contributed by atoms with Crippen LogP contribution in [-0.4, -0.2) is 72.3 Å². The van der Waals surface area contributed by atoms with Crippen molar-refractivity contribution < 1.29 is 23.6 Å². The molecule has 4 rings (SSSR count). The standard InChI is InChI=1S/C23H28BrN3O5/c1-15-22(16(2)32-25-15)23(29)27-7-6-20(31-19-5-3-4-18(24)13-19)17(14-27)12-21(28)26-8-10-30-11-9-26/h3-5,13,17,20H,6-12,14H2,1-2H3/t17-,20-/m0/s1. The molecule has 2 saturated heterocycles. The minimum Gasteiger partial charge on any atom is -0.490 e. The lowest BCUT2D eigenvalue weighted by Gasteiger charge is -2.39. The Hall–Kier alpha value is -2.39. The van der Waals surface area contributed by atoms with Gasteiger partial charge in [-0.3, -0.25) is 9.59 Å². The summed E-state index contributed by atoms with van der Waals surface area (Å²) < 4.78 is 17.8. The summed E-state index contributed by atoms with van der Waals surface area (Å²) in [6.07, 6.45) is 0.801. The molecule has 1 aromatic carbocycles. The second-order valence-corrected chi connectivity index (χ2v) is 9.23. The van der Waals surface area contributed by atoms with E-state index in [-0.39, 0.29) is 23.8 Å². The summed E-state index contributed by atoms with van der Waals surface area (Å²) in [6.45, 7) is 6.83. The van der Waals surface area contributed by atoms with Gasteiger partial charge in [0.2, 0.25) is 5.91 Å². The highest BCUT2D eigenvalue weighted by Crippen LogP contribution is 2.29. The number of carbonyl (C=O) groups is 2. The van der Waals surface area contributed by atoms with Gasteiger partial charge in [0.25, 0.3) is 5.91 Å². The van der Waals surface area contributed by atoms with E-state index < -0.39 is 0 Å². The second-order valence-electron chi connectivity index (χ2n) is 8.31. The highest BCUT2D eigenvalue weighted by Gasteiger charge is 2.37. The Morgan fingerprint density at radius 3 is 2.66 bits per heavy atom. The molecule has 1 aromatic heterocycles. The number of piperidine rings is 1. The van der Waals surface area contributed by atoms with Gasteiger partial charge in [-0.25, -0.2) is 0 Å². The van der Waals surface area contributed by atoms with E-state index in [1.54, 1.807) is 18.7 Å². The van der Waals surface area contributed by atoms with Crippen molar-refractivity contribution in [1.82, 2.24) is 15.0 Å². The molecular formula is C23H28BrN3O5. The minimum atomic E-state index is -0.164. The van der Waals surface area contributed by atoms with Gasteiger partial charge < -0.3 is 23.8 Å². The van der Waals surface area contributed by atoms with Crippen LogP contribution in [0.1, 0.15) is 34.7 Å². The lowest BCUT2D eigenvalue weighted by molar-refractivity contribution is -0.137. The molecule has 2 amide bonds. The van der Waals surface area contributed by atoms with Crippen molar-refractivity contribution in [2.24, 2.45) is 5.92 Å². The van der Waals surface area contributed by atoms with E-state index >= 15 is 0 Å². The third-order valence-electron chi connectivity index (χ3n) is 6.08. The largest absolute Gasteiger partial charge is 0.490 e. The molecule has 172 valence electrons. The normalized spacial score (nSPS) is 21.5. The fourth-order valence-electron chi connectivity index (χ4n) is 4.37. The topological polar surface area (TPSA) is 85.1 Å². The fraction of sp³-hybridized carbons (Fsp3) is 0.522. The van der Waals surface area contributed by atoms with Crippen molar-refractivity contribution in [3.8, 4) is 5.75 Å². The molecule has 2 fully saturated rings. The van der Waals surface area contributed by atoms with E-state index in [0.717, 1.165) is 10.2 Å². The van der Waals surface area contributed by atoms with Crippen LogP contribution < -0.4 is 4.74 Å². The van der Waals surface area contributed by atoms with Gasteiger partial charge in [-0.05, 0) is 32.0 Å². The molecule has 2 aromatic rings. The first kappa shape index (κ1) is 22.8. The average Bonchev–Trinajstić information content (AvgIpc) is 3.13. The van der Waals surface area contributed by atoms with Crippen LogP contribution in [0.2, 0.25) is 0 Å². The van der Waals surface area contributed by atoms with Crippen LogP contribution in [0.4, 0.5) is 0 Å². The van der Waals surface area contributed by atoms with Crippen LogP contribution in [0, 0.1) is 19.8 Å². The molecule has 2 aliphatic heterocycles. The molecule has 0 radical (unpaired) electrons. The number of aromatic nitrogens is 1. The van der Waals surface area contributed by atoms with E-state index in [1.165, 1.54) is 0 Å². The molecule has 0 N–H and O–H groups in total. The van der Waals surface area contributed by atoms with Crippen molar-refractivity contribution in [1.29, 1.82) is 0 Å². The number of carbonyl (C=O) groups excluding carboxylic acids is 2. The highest BCUT2D eigenvalue weighted by atomic mass is 79.9. The van der Waals surface area contributed by atoms with Gasteiger partial charge in [-0.2, -0.15) is 0 Å². The van der Waals surface area contributed by atoms with Crippen molar-refractivity contribution >= 4 is 27.7 Å². The number of benzene rings is 1. The SMILES string of the molecule is Cc1noc(C)c1C(=O)N1CC[C@H](Oc2cccc(Br)c2)[C@@H](CC(=O)N2CCOCC2)C1. The smallest absolute Gasteiger partial charge is 0.259 e. The van der Waals surface area contributed by atoms with E-state index in [1.807, 2.05) is 29.2 Å². The molecular weight excluding hydrogens is 478 g/mol. The van der Waals surface area contributed by atoms with Crippen LogP contribution in [-0.2, 0) is 9.53 Å². The Morgan fingerprint density at radius 2 is 1.97 bits per heavy atom. The number of amides is 2. The first-order valence-corrected chi connectivity index (χ1v) is 11.7. The van der Waals surface area contributed by atoms with E-state index in [4.69, 9.17) is 14.0 Å². The third kappa shape index (κ3) is 5.15. The van der Waals surface area contributed by atoms with Gasteiger partial charge in [0, 0.05) is 49.4 Å². The monoisotopic (exact) mass is 505 g/mol. The lowest BCUT2D eigenvalue weighted by Crippen LogP contribution is -2.50. The highest BCUT2D eigenvalue weighted by molar-refractivity contribution is 9.10. The maximum Gasteiger partial charge on any atom is 0.259 e. The van der Waals surface area contributed by atoms with Crippen LogP contribution in [0.15, 0.2) is 33.3 Å². The summed E-state index contributed by atoms with van der Waals surface area (Å²) >= 11 is 3.48. The molecule has 0 spiro atoms. The zero-order valence-electron chi connectivity index (χ0n) is 18.4. The van der Waals surface area contributed by atoms with Crippen molar-refractivity contribution in [3.63, 3.8) is 0 Å². The molecule has 3 heterocycles. The number of morpholine rings is 1. The summed E-state index contributed by atoms with van der Waals surface area (Å²) in [5, 5.41) is 3.92. The molecule has 8 nitrogen and oxygen atoms in total. The molecule has 2 atom stereocenters. The summed E-state index contributed by atoms with van der Waals surface area (Å²) in [5.41, 5.74) is 1.09. The second kappa shape index (κ2) is 10.0. The molecule has 32 heavy (non-hydrogen) atoms. The van der Waals surface area contributed by atoms with E-state index in [9.17, 15) is 9.59 Å². The molecule has 2 aliphatic rings. The number of hydrogen-bond acceptors (Lipinski definition) is 6. The van der Waals surface area contributed by atoms with Gasteiger partial charge >= 0.3 is 0 Å². The maximum absolute atomic E-state index is 13.2. The van der Waals surface area contributed by atoms with Gasteiger partial charge in [-0.1, -0.05) is 27.2 Å². The molecule has 9 heteroatoms. The molecule has 0 bridgehead atoms. The Morgan fingerprint density at radius 1 is 1.19 bits per heavy atom. The number of aryl methyl sites for hydroxylation is 2. The van der Waals surface area contributed by atoms with Gasteiger partial charge in [-0.15, -0.1) is 0 Å². The quantitative estimate of drug-likeness (QED) is 0.620. The first-order chi connectivity index (χ1) is 15.4. The van der Waals surface area contributed by atoms with Crippen LogP contribution in [0.3, 0.4) is 0 Å². The Bertz CT molecular complexity index is 953. The minimum absolute atomic E-state index is 0.0766. The zero-order valence-corrected chi connectivity index (χ0v) is 20.0. The van der Waals surface area contributed by atoms with Crippen LogP contribution in [0.25, 0.3) is 0 Å². The van der Waals surface area contributed by atoms with Crippen LogP contribution in [0.5, 0.6) is 5.75 Å². The molecule has 0 saturated carbocycles. The first-order valence-electron chi connectivity index (χ1n) is 10.9. The number of ether oxygens (including phenoxy) is 2. The fourth-order valence-corrected chi connectivity index (χ4v) is 4.75.